The molecular weight excluding hydrogens is 224 g/mol. The highest BCUT2D eigenvalue weighted by Crippen LogP contribution is 2.28. The predicted octanol–water partition coefficient (Wildman–Crippen LogP) is 1.21. The summed E-state index contributed by atoms with van der Waals surface area (Å²) in [6.07, 6.45) is -0.279. The SMILES string of the molecule is Nc1nc(C(=O)N2CCC(F)(F)C2)cs1. The molecule has 0 aliphatic carbocycles. The van der Waals surface area contributed by atoms with Gasteiger partial charge in [0.2, 0.25) is 0 Å². The van der Waals surface area contributed by atoms with E-state index in [1.54, 1.807) is 0 Å². The lowest BCUT2D eigenvalue weighted by Gasteiger charge is -2.14. The Morgan fingerprint density at radius 2 is 2.40 bits per heavy atom. The van der Waals surface area contributed by atoms with Crippen LogP contribution in [0.1, 0.15) is 16.9 Å². The van der Waals surface area contributed by atoms with Gasteiger partial charge in [-0.2, -0.15) is 0 Å². The van der Waals surface area contributed by atoms with Crippen LogP contribution in [0, 0.1) is 0 Å². The number of nitrogens with two attached hydrogens (primary N) is 1. The Balaban J connectivity index is 2.10. The summed E-state index contributed by atoms with van der Waals surface area (Å²) >= 11 is 1.12. The standard InChI is InChI=1S/C8H9F2N3OS/c9-8(10)1-2-13(4-8)6(14)5-3-15-7(11)12-5/h3H,1-2,4H2,(H2,11,12). The summed E-state index contributed by atoms with van der Waals surface area (Å²) in [6.45, 7) is -0.452. The summed E-state index contributed by atoms with van der Waals surface area (Å²) in [4.78, 5) is 16.5. The number of alkyl halides is 2. The minimum atomic E-state index is -2.77. The van der Waals surface area contributed by atoms with Crippen molar-refractivity contribution < 1.29 is 13.6 Å². The molecule has 0 unspecified atom stereocenters. The molecule has 0 radical (unpaired) electrons. The maximum absolute atomic E-state index is 12.8. The lowest BCUT2D eigenvalue weighted by atomic mass is 10.3. The molecule has 1 amide bonds. The summed E-state index contributed by atoms with van der Waals surface area (Å²) in [5.41, 5.74) is 5.51. The molecule has 1 aliphatic rings. The Morgan fingerprint density at radius 3 is 2.87 bits per heavy atom. The summed E-state index contributed by atoms with van der Waals surface area (Å²) in [6, 6.07) is 0. The maximum atomic E-state index is 12.8. The van der Waals surface area contributed by atoms with Gasteiger partial charge in [-0.25, -0.2) is 13.8 Å². The van der Waals surface area contributed by atoms with Crippen molar-refractivity contribution in [3.63, 3.8) is 0 Å². The van der Waals surface area contributed by atoms with Crippen molar-refractivity contribution in [2.24, 2.45) is 0 Å². The van der Waals surface area contributed by atoms with Crippen molar-refractivity contribution in [2.75, 3.05) is 18.8 Å². The van der Waals surface area contributed by atoms with E-state index in [0.717, 1.165) is 16.2 Å². The van der Waals surface area contributed by atoms with Crippen LogP contribution in [0.5, 0.6) is 0 Å². The predicted molar refractivity (Wildman–Crippen MR) is 52.0 cm³/mol. The molecule has 2 N–H and O–H groups in total. The minimum absolute atomic E-state index is 0.0727. The van der Waals surface area contributed by atoms with E-state index in [2.05, 4.69) is 4.98 Å². The van der Waals surface area contributed by atoms with Crippen LogP contribution in [0.3, 0.4) is 0 Å². The average molecular weight is 233 g/mol. The van der Waals surface area contributed by atoms with E-state index < -0.39 is 18.4 Å². The van der Waals surface area contributed by atoms with E-state index in [-0.39, 0.29) is 23.8 Å². The normalized spacial score (nSPS) is 19.5. The number of carbonyl (C=O) groups is 1. The zero-order valence-electron chi connectivity index (χ0n) is 7.74. The minimum Gasteiger partial charge on any atom is -0.375 e. The number of likely N-dealkylation sites (tertiary alicyclic amines) is 1. The van der Waals surface area contributed by atoms with Crippen molar-refractivity contribution in [3.05, 3.63) is 11.1 Å². The third-order valence-corrected chi connectivity index (χ3v) is 2.87. The molecule has 4 nitrogen and oxygen atoms in total. The van der Waals surface area contributed by atoms with Gasteiger partial charge in [-0.1, -0.05) is 0 Å². The Bertz CT molecular complexity index is 393. The lowest BCUT2D eigenvalue weighted by Crippen LogP contribution is -2.31. The molecule has 7 heteroatoms. The molecule has 1 aromatic rings. The summed E-state index contributed by atoms with van der Waals surface area (Å²) < 4.78 is 25.7. The first kappa shape index (κ1) is 10.3. The first-order chi connectivity index (χ1) is 6.98. The number of amides is 1. The van der Waals surface area contributed by atoms with Crippen LogP contribution < -0.4 is 5.73 Å². The van der Waals surface area contributed by atoms with E-state index in [1.807, 2.05) is 0 Å². The Kier molecular flexibility index (Phi) is 2.34. The van der Waals surface area contributed by atoms with Gasteiger partial charge in [0.1, 0.15) is 5.69 Å². The van der Waals surface area contributed by atoms with E-state index in [9.17, 15) is 13.6 Å². The van der Waals surface area contributed by atoms with Gasteiger partial charge in [0.25, 0.3) is 11.8 Å². The number of halogens is 2. The van der Waals surface area contributed by atoms with Crippen LogP contribution in [0.15, 0.2) is 5.38 Å². The van der Waals surface area contributed by atoms with Crippen LogP contribution in [0.4, 0.5) is 13.9 Å². The summed E-state index contributed by atoms with van der Waals surface area (Å²) in [5, 5.41) is 1.75. The number of anilines is 1. The zero-order valence-corrected chi connectivity index (χ0v) is 8.56. The van der Waals surface area contributed by atoms with Gasteiger partial charge in [0.05, 0.1) is 6.54 Å². The first-order valence-electron chi connectivity index (χ1n) is 4.36. The fraction of sp³-hybridized carbons (Fsp3) is 0.500. The zero-order chi connectivity index (χ0) is 11.1. The van der Waals surface area contributed by atoms with Crippen LogP contribution >= 0.6 is 11.3 Å². The van der Waals surface area contributed by atoms with Gasteiger partial charge >= 0.3 is 0 Å². The van der Waals surface area contributed by atoms with Gasteiger partial charge in [0, 0.05) is 18.3 Å². The second-order valence-electron chi connectivity index (χ2n) is 3.40. The number of hydrogen-bond acceptors (Lipinski definition) is 4. The van der Waals surface area contributed by atoms with Crippen molar-refractivity contribution >= 4 is 22.4 Å². The quantitative estimate of drug-likeness (QED) is 0.793. The van der Waals surface area contributed by atoms with Gasteiger partial charge in [-0.3, -0.25) is 4.79 Å². The van der Waals surface area contributed by atoms with E-state index >= 15 is 0 Å². The molecule has 15 heavy (non-hydrogen) atoms. The van der Waals surface area contributed by atoms with Crippen LogP contribution in [-0.2, 0) is 0 Å². The monoisotopic (exact) mass is 233 g/mol. The molecule has 82 valence electrons. The molecular formula is C8H9F2N3OS. The average Bonchev–Trinajstić information content (AvgIpc) is 2.71. The van der Waals surface area contributed by atoms with Crippen LogP contribution in [0.25, 0.3) is 0 Å². The van der Waals surface area contributed by atoms with E-state index in [1.165, 1.54) is 5.38 Å². The van der Waals surface area contributed by atoms with Gasteiger partial charge in [-0.05, 0) is 0 Å². The molecule has 1 aliphatic heterocycles. The number of rotatable bonds is 1. The molecule has 2 rings (SSSR count). The molecule has 0 bridgehead atoms. The fourth-order valence-electron chi connectivity index (χ4n) is 1.46. The van der Waals surface area contributed by atoms with Crippen molar-refractivity contribution in [1.82, 2.24) is 9.88 Å². The number of nitrogens with zero attached hydrogens (tertiary/aromatic N) is 2. The van der Waals surface area contributed by atoms with Crippen LogP contribution in [0.2, 0.25) is 0 Å². The highest BCUT2D eigenvalue weighted by molar-refractivity contribution is 7.13. The van der Waals surface area contributed by atoms with Gasteiger partial charge in [0.15, 0.2) is 5.13 Å². The summed E-state index contributed by atoms with van der Waals surface area (Å²) in [7, 11) is 0. The summed E-state index contributed by atoms with van der Waals surface area (Å²) in [5.74, 6) is -3.24. The van der Waals surface area contributed by atoms with Crippen molar-refractivity contribution in [1.29, 1.82) is 0 Å². The molecule has 1 fully saturated rings. The second-order valence-corrected chi connectivity index (χ2v) is 4.29. The Hall–Kier alpha value is -1.24. The molecule has 0 atom stereocenters. The highest BCUT2D eigenvalue weighted by Gasteiger charge is 2.40. The number of hydrogen-bond donors (Lipinski definition) is 1. The molecule has 1 saturated heterocycles. The van der Waals surface area contributed by atoms with E-state index in [0.29, 0.717) is 0 Å². The molecule has 0 saturated carbocycles. The van der Waals surface area contributed by atoms with E-state index in [4.69, 9.17) is 5.73 Å². The first-order valence-corrected chi connectivity index (χ1v) is 5.24. The second kappa shape index (κ2) is 3.41. The molecule has 0 aromatic carbocycles. The largest absolute Gasteiger partial charge is 0.375 e. The Morgan fingerprint density at radius 1 is 1.67 bits per heavy atom. The number of thiazole rings is 1. The number of carbonyl (C=O) groups excluding carboxylic acids is 1. The highest BCUT2D eigenvalue weighted by atomic mass is 32.1. The number of aromatic nitrogens is 1. The topological polar surface area (TPSA) is 59.2 Å². The molecule has 1 aromatic heterocycles. The third-order valence-electron chi connectivity index (χ3n) is 2.20. The lowest BCUT2D eigenvalue weighted by molar-refractivity contribution is 0.0119. The number of nitrogen functional groups attached to an aromatic ring is 1. The molecule has 0 spiro atoms. The Labute approximate surface area is 88.7 Å². The van der Waals surface area contributed by atoms with Crippen LogP contribution in [-0.4, -0.2) is 34.8 Å². The van der Waals surface area contributed by atoms with Gasteiger partial charge < -0.3 is 10.6 Å². The van der Waals surface area contributed by atoms with Crippen molar-refractivity contribution in [2.45, 2.75) is 12.3 Å². The maximum Gasteiger partial charge on any atom is 0.273 e. The van der Waals surface area contributed by atoms with Crippen molar-refractivity contribution in [3.8, 4) is 0 Å². The third kappa shape index (κ3) is 2.06. The van der Waals surface area contributed by atoms with Gasteiger partial charge in [-0.15, -0.1) is 11.3 Å². The fourth-order valence-corrected chi connectivity index (χ4v) is 1.99. The molecule has 2 heterocycles. The smallest absolute Gasteiger partial charge is 0.273 e.